The van der Waals surface area contributed by atoms with Crippen molar-refractivity contribution in [3.8, 4) is 0 Å². The first-order valence-corrected chi connectivity index (χ1v) is 9.28. The fourth-order valence-electron chi connectivity index (χ4n) is 1.72. The summed E-state index contributed by atoms with van der Waals surface area (Å²) in [5.74, 6) is 0. The number of rotatable bonds is 3. The molecule has 0 nitrogen and oxygen atoms in total. The molecule has 22 heavy (non-hydrogen) atoms. The van der Waals surface area contributed by atoms with Crippen LogP contribution in [0.4, 0.5) is 0 Å². The van der Waals surface area contributed by atoms with E-state index in [2.05, 4.69) is 48.5 Å². The molecule has 0 atom stereocenters. The van der Waals surface area contributed by atoms with E-state index in [9.17, 15) is 0 Å². The van der Waals surface area contributed by atoms with Crippen molar-refractivity contribution in [2.45, 2.75) is 14.7 Å². The fourth-order valence-corrected chi connectivity index (χ4v) is 3.43. The Kier molecular flexibility index (Phi) is 7.44. The van der Waals surface area contributed by atoms with Gasteiger partial charge in [-0.3, -0.25) is 0 Å². The van der Waals surface area contributed by atoms with E-state index in [0.717, 1.165) is 9.92 Å². The Morgan fingerprint density at radius 2 is 1.09 bits per heavy atom. The quantitative estimate of drug-likeness (QED) is 0.474. The monoisotopic (exact) mass is 344 g/mol. The van der Waals surface area contributed by atoms with Crippen LogP contribution in [0.25, 0.3) is 0 Å². The Labute approximate surface area is 145 Å². The Balaban J connectivity index is 0.000000172. The largest absolute Gasteiger partial charge is 0.128 e. The third-order valence-corrected chi connectivity index (χ3v) is 5.03. The Morgan fingerprint density at radius 3 is 1.50 bits per heavy atom. The molecule has 0 saturated carbocycles. The molecule has 3 aromatic rings. The number of halogens is 1. The first-order chi connectivity index (χ1) is 10.8. The zero-order chi connectivity index (χ0) is 15.6. The van der Waals surface area contributed by atoms with E-state index >= 15 is 0 Å². The van der Waals surface area contributed by atoms with Gasteiger partial charge in [0.2, 0.25) is 0 Å². The summed E-state index contributed by atoms with van der Waals surface area (Å²) in [6.45, 7) is 0. The van der Waals surface area contributed by atoms with Gasteiger partial charge in [0.15, 0.2) is 0 Å². The molecule has 0 fully saturated rings. The van der Waals surface area contributed by atoms with Crippen molar-refractivity contribution < 1.29 is 0 Å². The lowest BCUT2D eigenvalue weighted by atomic mass is 10.4. The predicted molar refractivity (Wildman–Crippen MR) is 100 cm³/mol. The molecule has 112 valence electrons. The third kappa shape index (κ3) is 5.80. The second-order valence-electron chi connectivity index (χ2n) is 4.36. The lowest BCUT2D eigenvalue weighted by Gasteiger charge is -1.99. The molecule has 0 saturated heterocycles. The van der Waals surface area contributed by atoms with E-state index in [1.54, 1.807) is 23.5 Å². The second-order valence-corrected chi connectivity index (χ2v) is 6.76. The van der Waals surface area contributed by atoms with Crippen LogP contribution in [0.3, 0.4) is 0 Å². The summed E-state index contributed by atoms with van der Waals surface area (Å²) in [7, 11) is 0. The van der Waals surface area contributed by atoms with Crippen molar-refractivity contribution in [2.24, 2.45) is 0 Å². The fraction of sp³-hybridized carbons (Fsp3) is 0.0526. The van der Waals surface area contributed by atoms with Crippen molar-refractivity contribution in [3.63, 3.8) is 0 Å². The van der Waals surface area contributed by atoms with Gasteiger partial charge in [-0.1, -0.05) is 71.9 Å². The molecule has 0 aliphatic carbocycles. The summed E-state index contributed by atoms with van der Waals surface area (Å²) < 4.78 is 0. The highest BCUT2D eigenvalue weighted by Crippen LogP contribution is 2.26. The van der Waals surface area contributed by atoms with Crippen molar-refractivity contribution in [2.75, 3.05) is 6.26 Å². The first kappa shape index (κ1) is 17.0. The molecule has 0 radical (unpaired) electrons. The molecule has 3 rings (SSSR count). The molecule has 0 unspecified atom stereocenters. The summed E-state index contributed by atoms with van der Waals surface area (Å²) in [6.07, 6.45) is 2.02. The van der Waals surface area contributed by atoms with Gasteiger partial charge in [0.25, 0.3) is 0 Å². The second kappa shape index (κ2) is 9.62. The van der Waals surface area contributed by atoms with E-state index in [-0.39, 0.29) is 0 Å². The highest BCUT2D eigenvalue weighted by Gasteiger charge is 1.93. The highest BCUT2D eigenvalue weighted by molar-refractivity contribution is 7.99. The SMILES string of the molecule is CSc1ccccc1Cl.c1ccc(Sc2ccccc2)cc1. The smallest absolute Gasteiger partial charge is 0.0541 e. The van der Waals surface area contributed by atoms with Crippen LogP contribution < -0.4 is 0 Å². The summed E-state index contributed by atoms with van der Waals surface area (Å²) in [5.41, 5.74) is 0. The van der Waals surface area contributed by atoms with E-state index in [4.69, 9.17) is 11.6 Å². The van der Waals surface area contributed by atoms with Crippen LogP contribution in [0.2, 0.25) is 5.02 Å². The molecule has 0 spiro atoms. The molecule has 0 heterocycles. The molecular weight excluding hydrogens is 328 g/mol. The van der Waals surface area contributed by atoms with Crippen molar-refractivity contribution in [3.05, 3.63) is 90.0 Å². The van der Waals surface area contributed by atoms with Crippen molar-refractivity contribution >= 4 is 35.1 Å². The molecule has 0 N–H and O–H groups in total. The van der Waals surface area contributed by atoms with E-state index in [1.807, 2.05) is 42.7 Å². The minimum Gasteiger partial charge on any atom is -0.128 e. The number of thioether (sulfide) groups is 1. The van der Waals surface area contributed by atoms with E-state index in [1.165, 1.54) is 9.79 Å². The topological polar surface area (TPSA) is 0 Å². The summed E-state index contributed by atoms with van der Waals surface area (Å²) in [5, 5.41) is 0.838. The van der Waals surface area contributed by atoms with Gasteiger partial charge in [-0.25, -0.2) is 0 Å². The molecule has 0 aliphatic heterocycles. The summed E-state index contributed by atoms with van der Waals surface area (Å²) >= 11 is 9.25. The van der Waals surface area contributed by atoms with Crippen molar-refractivity contribution in [1.29, 1.82) is 0 Å². The van der Waals surface area contributed by atoms with Crippen LogP contribution in [0, 0.1) is 0 Å². The molecular formula is C19H17ClS2. The van der Waals surface area contributed by atoms with Crippen LogP contribution in [-0.4, -0.2) is 6.26 Å². The molecule has 0 aromatic heterocycles. The molecule has 3 heteroatoms. The predicted octanol–water partition coefficient (Wildman–Crippen LogP) is 6.90. The van der Waals surface area contributed by atoms with Gasteiger partial charge < -0.3 is 0 Å². The van der Waals surface area contributed by atoms with Crippen LogP contribution in [0.5, 0.6) is 0 Å². The number of hydrogen-bond donors (Lipinski definition) is 0. The van der Waals surface area contributed by atoms with Gasteiger partial charge in [0, 0.05) is 14.7 Å². The highest BCUT2D eigenvalue weighted by atomic mass is 35.5. The minimum absolute atomic E-state index is 0.838. The Hall–Kier alpha value is -1.35. The average Bonchev–Trinajstić information content (AvgIpc) is 2.58. The van der Waals surface area contributed by atoms with Crippen molar-refractivity contribution in [1.82, 2.24) is 0 Å². The van der Waals surface area contributed by atoms with E-state index < -0.39 is 0 Å². The molecule has 0 amide bonds. The van der Waals surface area contributed by atoms with Gasteiger partial charge in [0.1, 0.15) is 0 Å². The maximum absolute atomic E-state index is 5.80. The van der Waals surface area contributed by atoms with Crippen LogP contribution in [0.1, 0.15) is 0 Å². The maximum Gasteiger partial charge on any atom is 0.0541 e. The normalized spacial score (nSPS) is 9.73. The van der Waals surface area contributed by atoms with Gasteiger partial charge >= 0.3 is 0 Å². The summed E-state index contributed by atoms with van der Waals surface area (Å²) in [4.78, 5) is 3.71. The lowest BCUT2D eigenvalue weighted by Crippen LogP contribution is -1.70. The molecule has 0 bridgehead atoms. The molecule has 0 aliphatic rings. The van der Waals surface area contributed by atoms with Gasteiger partial charge in [-0.05, 0) is 42.7 Å². The van der Waals surface area contributed by atoms with Crippen LogP contribution >= 0.6 is 35.1 Å². The zero-order valence-electron chi connectivity index (χ0n) is 12.3. The standard InChI is InChI=1S/C12H10S.C7H7ClS/c1-3-7-11(8-4-1)13-12-9-5-2-6-10-12;1-9-7-5-3-2-4-6(7)8/h1-10H;2-5H,1H3. The first-order valence-electron chi connectivity index (χ1n) is 6.86. The number of benzene rings is 3. The minimum atomic E-state index is 0.838. The van der Waals surface area contributed by atoms with Gasteiger partial charge in [0.05, 0.1) is 5.02 Å². The zero-order valence-corrected chi connectivity index (χ0v) is 14.7. The van der Waals surface area contributed by atoms with E-state index in [0.29, 0.717) is 0 Å². The summed E-state index contributed by atoms with van der Waals surface area (Å²) in [6, 6.07) is 28.6. The lowest BCUT2D eigenvalue weighted by molar-refractivity contribution is 1.41. The van der Waals surface area contributed by atoms with Crippen LogP contribution in [0.15, 0.2) is 99.6 Å². The Bertz CT molecular complexity index is 632. The maximum atomic E-state index is 5.80. The Morgan fingerprint density at radius 1 is 0.636 bits per heavy atom. The van der Waals surface area contributed by atoms with Gasteiger partial charge in [-0.15, -0.1) is 11.8 Å². The third-order valence-electron chi connectivity index (χ3n) is 2.78. The molecule has 3 aromatic carbocycles. The van der Waals surface area contributed by atoms with Crippen LogP contribution in [-0.2, 0) is 0 Å². The average molecular weight is 345 g/mol. The number of hydrogen-bond acceptors (Lipinski definition) is 2. The van der Waals surface area contributed by atoms with Gasteiger partial charge in [-0.2, -0.15) is 0 Å².